The summed E-state index contributed by atoms with van der Waals surface area (Å²) in [6.45, 7) is 3.85. The molecule has 3 heteroatoms. The van der Waals surface area contributed by atoms with E-state index in [1.165, 1.54) is 51.4 Å². The first-order valence-corrected chi connectivity index (χ1v) is 6.66. The Kier molecular flexibility index (Phi) is 8.03. The normalized spacial score (nSPS) is 16.2. The lowest BCUT2D eigenvalue weighted by molar-refractivity contribution is 0.365. The molecule has 0 atom stereocenters. The van der Waals surface area contributed by atoms with Gasteiger partial charge in [0.2, 0.25) is 0 Å². The highest BCUT2D eigenvalue weighted by Gasteiger charge is 2.22. The molecule has 1 fully saturated rings. The fraction of sp³-hybridized carbons (Fsp3) is 1.00. The first-order chi connectivity index (χ1) is 7.43. The summed E-state index contributed by atoms with van der Waals surface area (Å²) < 4.78 is 10.8. The molecule has 0 radical (unpaired) electrons. The SMILES string of the molecule is CCCCCCCCCCB1OCCO1. The summed E-state index contributed by atoms with van der Waals surface area (Å²) in [5, 5.41) is 0. The van der Waals surface area contributed by atoms with E-state index in [0.29, 0.717) is 0 Å². The summed E-state index contributed by atoms with van der Waals surface area (Å²) in [6.07, 6.45) is 12.1. The van der Waals surface area contributed by atoms with Crippen LogP contribution in [-0.2, 0) is 9.31 Å². The highest BCUT2D eigenvalue weighted by atomic mass is 16.6. The predicted octanol–water partition coefficient (Wildman–Crippen LogP) is 3.66. The Labute approximate surface area is 94.9 Å². The van der Waals surface area contributed by atoms with Crippen LogP contribution in [0.4, 0.5) is 0 Å². The van der Waals surface area contributed by atoms with Crippen LogP contribution >= 0.6 is 0 Å². The molecule has 1 aliphatic rings. The Morgan fingerprint density at radius 2 is 1.33 bits per heavy atom. The molecule has 1 rings (SSSR count). The maximum Gasteiger partial charge on any atom is 0.457 e. The minimum absolute atomic E-state index is 0.116. The predicted molar refractivity (Wildman–Crippen MR) is 65.1 cm³/mol. The van der Waals surface area contributed by atoms with Crippen molar-refractivity contribution in [1.82, 2.24) is 0 Å². The Hall–Kier alpha value is -0.0151. The van der Waals surface area contributed by atoms with Crippen LogP contribution in [0.5, 0.6) is 0 Å². The van der Waals surface area contributed by atoms with Crippen molar-refractivity contribution in [3.63, 3.8) is 0 Å². The molecule has 0 aromatic rings. The molecule has 0 spiro atoms. The smallest absolute Gasteiger partial charge is 0.409 e. The van der Waals surface area contributed by atoms with Gasteiger partial charge in [-0.3, -0.25) is 0 Å². The van der Waals surface area contributed by atoms with Gasteiger partial charge in [0, 0.05) is 0 Å². The summed E-state index contributed by atoms with van der Waals surface area (Å²) in [7, 11) is 0.116. The average molecular weight is 212 g/mol. The van der Waals surface area contributed by atoms with Crippen molar-refractivity contribution in [3.8, 4) is 0 Å². The molecule has 1 saturated heterocycles. The molecule has 0 saturated carbocycles. The quantitative estimate of drug-likeness (QED) is 0.429. The first kappa shape index (κ1) is 13.1. The molecule has 0 unspecified atom stereocenters. The molecular formula is C12H25BO2. The minimum atomic E-state index is 0.116. The van der Waals surface area contributed by atoms with Gasteiger partial charge in [-0.2, -0.15) is 0 Å². The largest absolute Gasteiger partial charge is 0.457 e. The van der Waals surface area contributed by atoms with E-state index in [9.17, 15) is 0 Å². The van der Waals surface area contributed by atoms with Crippen LogP contribution in [0.15, 0.2) is 0 Å². The third-order valence-corrected chi connectivity index (χ3v) is 2.98. The van der Waals surface area contributed by atoms with Crippen LogP contribution in [0.2, 0.25) is 6.32 Å². The van der Waals surface area contributed by atoms with Crippen LogP contribution in [0.1, 0.15) is 58.3 Å². The first-order valence-electron chi connectivity index (χ1n) is 6.66. The maximum absolute atomic E-state index is 5.39. The summed E-state index contributed by atoms with van der Waals surface area (Å²) in [6, 6.07) is 0. The van der Waals surface area contributed by atoms with Gasteiger partial charge in [0.1, 0.15) is 0 Å². The second-order valence-corrected chi connectivity index (χ2v) is 4.43. The highest BCUT2D eigenvalue weighted by Crippen LogP contribution is 2.13. The second-order valence-electron chi connectivity index (χ2n) is 4.43. The molecule has 0 bridgehead atoms. The van der Waals surface area contributed by atoms with Gasteiger partial charge >= 0.3 is 7.12 Å². The third-order valence-electron chi connectivity index (χ3n) is 2.98. The van der Waals surface area contributed by atoms with Crippen molar-refractivity contribution in [3.05, 3.63) is 0 Å². The van der Waals surface area contributed by atoms with Crippen LogP contribution in [0, 0.1) is 0 Å². The van der Waals surface area contributed by atoms with E-state index in [2.05, 4.69) is 6.92 Å². The van der Waals surface area contributed by atoms with Gasteiger partial charge in [-0.25, -0.2) is 0 Å². The minimum Gasteiger partial charge on any atom is -0.409 e. The zero-order valence-electron chi connectivity index (χ0n) is 10.2. The third kappa shape index (κ3) is 6.96. The summed E-state index contributed by atoms with van der Waals surface area (Å²) >= 11 is 0. The summed E-state index contributed by atoms with van der Waals surface area (Å²) in [4.78, 5) is 0. The Bertz CT molecular complexity index is 136. The monoisotopic (exact) mass is 212 g/mol. The van der Waals surface area contributed by atoms with Crippen LogP contribution in [0.25, 0.3) is 0 Å². The highest BCUT2D eigenvalue weighted by molar-refractivity contribution is 6.44. The van der Waals surface area contributed by atoms with Crippen molar-refractivity contribution >= 4 is 7.12 Å². The second kappa shape index (κ2) is 9.23. The number of rotatable bonds is 9. The molecule has 15 heavy (non-hydrogen) atoms. The van der Waals surface area contributed by atoms with E-state index < -0.39 is 0 Å². The van der Waals surface area contributed by atoms with Crippen molar-refractivity contribution in [2.45, 2.75) is 64.6 Å². The topological polar surface area (TPSA) is 18.5 Å². The lowest BCUT2D eigenvalue weighted by Crippen LogP contribution is -2.12. The molecule has 88 valence electrons. The molecule has 1 heterocycles. The molecule has 2 nitrogen and oxygen atoms in total. The fourth-order valence-corrected chi connectivity index (χ4v) is 2.02. The van der Waals surface area contributed by atoms with Gasteiger partial charge < -0.3 is 9.31 Å². The van der Waals surface area contributed by atoms with Crippen LogP contribution in [-0.4, -0.2) is 20.3 Å². The van der Waals surface area contributed by atoms with Crippen molar-refractivity contribution < 1.29 is 9.31 Å². The van der Waals surface area contributed by atoms with Gasteiger partial charge in [-0.1, -0.05) is 58.3 Å². The van der Waals surface area contributed by atoms with E-state index in [4.69, 9.17) is 9.31 Å². The van der Waals surface area contributed by atoms with Gasteiger partial charge in [-0.05, 0) is 6.32 Å². The van der Waals surface area contributed by atoms with Gasteiger partial charge in [0.15, 0.2) is 0 Å². The molecule has 1 aliphatic heterocycles. The molecule has 0 aliphatic carbocycles. The Balaban J connectivity index is 1.73. The Morgan fingerprint density at radius 1 is 0.800 bits per heavy atom. The summed E-state index contributed by atoms with van der Waals surface area (Å²) in [5.41, 5.74) is 0. The molecule has 0 aromatic heterocycles. The fourth-order valence-electron chi connectivity index (χ4n) is 2.02. The van der Waals surface area contributed by atoms with Crippen molar-refractivity contribution in [2.75, 3.05) is 13.2 Å². The number of unbranched alkanes of at least 4 members (excludes halogenated alkanes) is 7. The lowest BCUT2D eigenvalue weighted by atomic mass is 9.82. The van der Waals surface area contributed by atoms with E-state index in [-0.39, 0.29) is 7.12 Å². The zero-order chi connectivity index (χ0) is 10.8. The van der Waals surface area contributed by atoms with E-state index in [1.54, 1.807) is 0 Å². The number of hydrogen-bond donors (Lipinski definition) is 0. The van der Waals surface area contributed by atoms with Gasteiger partial charge in [0.05, 0.1) is 13.2 Å². The van der Waals surface area contributed by atoms with Crippen molar-refractivity contribution in [1.29, 1.82) is 0 Å². The number of hydrogen-bond acceptors (Lipinski definition) is 2. The maximum atomic E-state index is 5.39. The van der Waals surface area contributed by atoms with E-state index >= 15 is 0 Å². The molecule has 0 aromatic carbocycles. The Morgan fingerprint density at radius 3 is 1.93 bits per heavy atom. The summed E-state index contributed by atoms with van der Waals surface area (Å²) in [5.74, 6) is 0. The van der Waals surface area contributed by atoms with Gasteiger partial charge in [0.25, 0.3) is 0 Å². The zero-order valence-corrected chi connectivity index (χ0v) is 10.2. The molecule has 0 N–H and O–H groups in total. The van der Waals surface area contributed by atoms with E-state index in [0.717, 1.165) is 19.5 Å². The lowest BCUT2D eigenvalue weighted by Gasteiger charge is -2.03. The van der Waals surface area contributed by atoms with Gasteiger partial charge in [-0.15, -0.1) is 0 Å². The van der Waals surface area contributed by atoms with Crippen LogP contribution < -0.4 is 0 Å². The molecule has 0 amide bonds. The standard InChI is InChI=1S/C12H25BO2/c1-2-3-4-5-6-7-8-9-10-13-14-11-12-15-13/h2-12H2,1H3. The van der Waals surface area contributed by atoms with Crippen molar-refractivity contribution in [2.24, 2.45) is 0 Å². The molecular weight excluding hydrogens is 187 g/mol. The van der Waals surface area contributed by atoms with E-state index in [1.807, 2.05) is 0 Å². The average Bonchev–Trinajstić information content (AvgIpc) is 2.75. The van der Waals surface area contributed by atoms with Crippen LogP contribution in [0.3, 0.4) is 0 Å².